The average Bonchev–Trinajstić information content (AvgIpc) is 2.96. The van der Waals surface area contributed by atoms with Crippen LogP contribution in [0.1, 0.15) is 135 Å². The molecule has 1 rings (SSSR count). The second-order valence-corrected chi connectivity index (χ2v) is 11.7. The van der Waals surface area contributed by atoms with Crippen molar-refractivity contribution in [1.29, 1.82) is 0 Å². The Labute approximate surface area is 248 Å². The van der Waals surface area contributed by atoms with E-state index in [-0.39, 0.29) is 13.2 Å². The highest BCUT2D eigenvalue weighted by atomic mass is 16.5. The van der Waals surface area contributed by atoms with Crippen LogP contribution in [0.3, 0.4) is 0 Å². The first-order chi connectivity index (χ1) is 19.7. The lowest BCUT2D eigenvalue weighted by Crippen LogP contribution is -2.33. The van der Waals surface area contributed by atoms with Crippen LogP contribution in [-0.4, -0.2) is 61.2 Å². The van der Waals surface area contributed by atoms with E-state index in [4.69, 9.17) is 9.47 Å². The third-order valence-corrected chi connectivity index (χ3v) is 8.05. The van der Waals surface area contributed by atoms with E-state index in [2.05, 4.69) is 32.9 Å². The zero-order valence-electron chi connectivity index (χ0n) is 26.6. The smallest absolute Gasteiger partial charge is 0.123 e. The van der Waals surface area contributed by atoms with Gasteiger partial charge in [0.15, 0.2) is 0 Å². The topological polar surface area (TPSA) is 62.2 Å². The van der Waals surface area contributed by atoms with E-state index in [0.29, 0.717) is 32.2 Å². The van der Waals surface area contributed by atoms with Gasteiger partial charge in [-0.3, -0.25) is 4.90 Å². The molecular weight excluding hydrogens is 498 g/mol. The Bertz CT molecular complexity index is 677. The van der Waals surface area contributed by atoms with Crippen molar-refractivity contribution in [1.82, 2.24) is 4.90 Å². The van der Waals surface area contributed by atoms with Gasteiger partial charge in [-0.1, -0.05) is 117 Å². The summed E-state index contributed by atoms with van der Waals surface area (Å²) in [4.78, 5) is 2.02. The molecule has 0 aliphatic heterocycles. The number of aliphatic hydroxyl groups is 2. The third kappa shape index (κ3) is 19.7. The first-order valence-corrected chi connectivity index (χ1v) is 17.0. The van der Waals surface area contributed by atoms with Crippen molar-refractivity contribution in [2.45, 2.75) is 136 Å². The average molecular weight is 564 g/mol. The number of rotatable bonds is 29. The summed E-state index contributed by atoms with van der Waals surface area (Å²) in [6.07, 6.45) is 23.7. The van der Waals surface area contributed by atoms with E-state index in [1.54, 1.807) is 0 Å². The van der Waals surface area contributed by atoms with Gasteiger partial charge in [-0.05, 0) is 42.9 Å². The number of nitrogens with zero attached hydrogens (tertiary/aromatic N) is 1. The Balaban J connectivity index is 2.49. The molecule has 1 unspecified atom stereocenters. The fraction of sp³-hybridized carbons (Fsp3) is 0.829. The lowest BCUT2D eigenvalue weighted by molar-refractivity contribution is 0.141. The largest absolute Gasteiger partial charge is 0.493 e. The molecule has 1 aromatic carbocycles. The van der Waals surface area contributed by atoms with Crippen LogP contribution >= 0.6 is 0 Å². The summed E-state index contributed by atoms with van der Waals surface area (Å²) >= 11 is 0. The van der Waals surface area contributed by atoms with E-state index >= 15 is 0 Å². The fourth-order valence-corrected chi connectivity index (χ4v) is 5.31. The summed E-state index contributed by atoms with van der Waals surface area (Å²) in [7, 11) is 0. The highest BCUT2D eigenvalue weighted by molar-refractivity contribution is 5.38. The third-order valence-electron chi connectivity index (χ3n) is 8.05. The number of benzene rings is 1. The van der Waals surface area contributed by atoms with Crippen molar-refractivity contribution < 1.29 is 19.7 Å². The molecule has 2 N–H and O–H groups in total. The van der Waals surface area contributed by atoms with Crippen LogP contribution in [0.15, 0.2) is 18.2 Å². The molecule has 0 heterocycles. The second-order valence-electron chi connectivity index (χ2n) is 11.7. The van der Waals surface area contributed by atoms with Crippen molar-refractivity contribution in [3.63, 3.8) is 0 Å². The Morgan fingerprint density at radius 2 is 1.15 bits per heavy atom. The summed E-state index contributed by atoms with van der Waals surface area (Å²) in [6.45, 7) is 10.0. The first-order valence-electron chi connectivity index (χ1n) is 17.0. The Hall–Kier alpha value is -1.30. The minimum Gasteiger partial charge on any atom is -0.493 e. The molecule has 0 amide bonds. The monoisotopic (exact) mass is 563 g/mol. The molecule has 234 valence electrons. The van der Waals surface area contributed by atoms with E-state index in [1.165, 1.54) is 108 Å². The molecule has 0 aliphatic rings. The molecule has 0 bridgehead atoms. The zero-order valence-corrected chi connectivity index (χ0v) is 26.6. The summed E-state index contributed by atoms with van der Waals surface area (Å²) < 4.78 is 12.4. The number of ether oxygens (including phenoxy) is 2. The van der Waals surface area contributed by atoms with Gasteiger partial charge in [-0.2, -0.15) is 0 Å². The van der Waals surface area contributed by atoms with Crippen LogP contribution < -0.4 is 9.47 Å². The second kappa shape index (κ2) is 26.6. The number of aryl methyl sites for hydroxylation is 1. The molecule has 1 atom stereocenters. The fourth-order valence-electron chi connectivity index (χ4n) is 5.31. The van der Waals surface area contributed by atoms with Crippen molar-refractivity contribution in [3.05, 3.63) is 23.8 Å². The van der Waals surface area contributed by atoms with Gasteiger partial charge in [0.05, 0.1) is 19.8 Å². The molecule has 0 fully saturated rings. The van der Waals surface area contributed by atoms with E-state index in [9.17, 15) is 10.2 Å². The van der Waals surface area contributed by atoms with Crippen LogP contribution in [0.5, 0.6) is 11.5 Å². The molecule has 1 aromatic rings. The Kier molecular flexibility index (Phi) is 24.4. The van der Waals surface area contributed by atoms with E-state index in [0.717, 1.165) is 30.9 Å². The van der Waals surface area contributed by atoms with Crippen LogP contribution in [0, 0.1) is 5.92 Å². The summed E-state index contributed by atoms with van der Waals surface area (Å²) in [6, 6.07) is 6.41. The highest BCUT2D eigenvalue weighted by Crippen LogP contribution is 2.26. The quantitative estimate of drug-likeness (QED) is 0.0956. The molecule has 5 nitrogen and oxygen atoms in total. The number of aliphatic hydroxyl groups excluding tert-OH is 2. The minimum absolute atomic E-state index is 0.0865. The maximum atomic E-state index is 9.27. The van der Waals surface area contributed by atoms with Gasteiger partial charge in [0.25, 0.3) is 0 Å². The number of hydrogen-bond acceptors (Lipinski definition) is 5. The van der Waals surface area contributed by atoms with Crippen LogP contribution in [0.2, 0.25) is 0 Å². The molecule has 40 heavy (non-hydrogen) atoms. The highest BCUT2D eigenvalue weighted by Gasteiger charge is 2.10. The maximum Gasteiger partial charge on any atom is 0.123 e. The lowest BCUT2D eigenvalue weighted by atomic mass is 10.0. The van der Waals surface area contributed by atoms with Crippen LogP contribution in [-0.2, 0) is 6.42 Å². The molecule has 0 radical (unpaired) electrons. The van der Waals surface area contributed by atoms with Crippen LogP contribution in [0.25, 0.3) is 0 Å². The Morgan fingerprint density at radius 3 is 1.68 bits per heavy atom. The molecule has 0 saturated carbocycles. The number of unbranched alkanes of at least 4 members (excludes halogenated alkanes) is 13. The summed E-state index contributed by atoms with van der Waals surface area (Å²) in [5.41, 5.74) is 1.29. The number of hydrogen-bond donors (Lipinski definition) is 2. The van der Waals surface area contributed by atoms with Gasteiger partial charge in [-0.15, -0.1) is 0 Å². The first kappa shape index (κ1) is 36.7. The van der Waals surface area contributed by atoms with Gasteiger partial charge in [0, 0.05) is 25.7 Å². The van der Waals surface area contributed by atoms with Crippen molar-refractivity contribution in [3.8, 4) is 11.5 Å². The summed E-state index contributed by atoms with van der Waals surface area (Å²) in [5, 5.41) is 18.5. The molecule has 5 heteroatoms. The Morgan fingerprint density at radius 1 is 0.625 bits per heavy atom. The molecule has 0 aromatic heterocycles. The molecule has 0 saturated heterocycles. The predicted molar refractivity (Wildman–Crippen MR) is 171 cm³/mol. The lowest BCUT2D eigenvalue weighted by Gasteiger charge is -2.20. The van der Waals surface area contributed by atoms with Gasteiger partial charge in [0.2, 0.25) is 0 Å². The molecule has 0 aliphatic carbocycles. The van der Waals surface area contributed by atoms with Crippen molar-refractivity contribution in [2.24, 2.45) is 5.92 Å². The maximum absolute atomic E-state index is 9.27. The van der Waals surface area contributed by atoms with Gasteiger partial charge >= 0.3 is 0 Å². The minimum atomic E-state index is 0.0865. The van der Waals surface area contributed by atoms with Crippen molar-refractivity contribution >= 4 is 0 Å². The van der Waals surface area contributed by atoms with Crippen molar-refractivity contribution in [2.75, 3.05) is 46.1 Å². The van der Waals surface area contributed by atoms with Gasteiger partial charge < -0.3 is 19.7 Å². The zero-order chi connectivity index (χ0) is 29.1. The molecular formula is C35H65NO4. The van der Waals surface area contributed by atoms with Gasteiger partial charge in [-0.25, -0.2) is 0 Å². The summed E-state index contributed by atoms with van der Waals surface area (Å²) in [5.74, 6) is 2.37. The SMILES string of the molecule is CCCCCCCCCCCCCCCc1cc(OCCN(CCO)CCO)cc(OCC(CC)CCCC)c1. The predicted octanol–water partition coefficient (Wildman–Crippen LogP) is 8.58. The standard InChI is InChI=1S/C35H65NO4/c1-4-7-9-10-11-12-13-14-15-16-17-18-19-21-33-28-34(39-27-24-36(22-25-37)23-26-38)30-35(29-33)40-31-32(6-3)20-8-5-2/h28-30,32,37-38H,4-27,31H2,1-3H3. The molecule has 0 spiro atoms. The van der Waals surface area contributed by atoms with Crippen LogP contribution in [0.4, 0.5) is 0 Å². The van der Waals surface area contributed by atoms with Gasteiger partial charge in [0.1, 0.15) is 18.1 Å². The van der Waals surface area contributed by atoms with E-state index in [1.807, 2.05) is 11.0 Å². The van der Waals surface area contributed by atoms with E-state index < -0.39 is 0 Å². The normalized spacial score (nSPS) is 12.2.